The van der Waals surface area contributed by atoms with E-state index in [0.717, 1.165) is 0 Å². The average Bonchev–Trinajstić information content (AvgIpc) is 2.32. The van der Waals surface area contributed by atoms with E-state index in [1.54, 1.807) is 0 Å². The van der Waals surface area contributed by atoms with Crippen LogP contribution in [0.5, 0.6) is 0 Å². The van der Waals surface area contributed by atoms with Gasteiger partial charge in [-0.15, -0.1) is 0 Å². The van der Waals surface area contributed by atoms with Gasteiger partial charge in [-0.25, -0.2) is 0 Å². The Morgan fingerprint density at radius 3 is 0.960 bits per heavy atom. The van der Waals surface area contributed by atoms with Gasteiger partial charge in [-0.05, 0) is 6.04 Å². The zero-order chi connectivity index (χ0) is 20.9. The molecule has 0 N–H and O–H groups in total. The molecule has 0 nitrogen and oxygen atoms in total. The minimum absolute atomic E-state index is 2.50. The lowest BCUT2D eigenvalue weighted by Gasteiger charge is -2.40. The fraction of sp³-hybridized carbons (Fsp3) is 1.00. The van der Waals surface area contributed by atoms with Gasteiger partial charge in [0.25, 0.3) is 0 Å². The van der Waals surface area contributed by atoms with Crippen LogP contribution in [0, 0.1) is 5.92 Å². The molecule has 0 saturated heterocycles. The highest BCUT2D eigenvalue weighted by Crippen LogP contribution is 2.60. The molecule has 0 aromatic rings. The fourth-order valence-electron chi connectivity index (χ4n) is 1.52. The van der Waals surface area contributed by atoms with E-state index >= 15 is 0 Å². The van der Waals surface area contributed by atoms with Gasteiger partial charge in [0.1, 0.15) is 0 Å². The topological polar surface area (TPSA) is 0 Å². The zero-order valence-corrected chi connectivity index (χ0v) is 13.6. The Morgan fingerprint density at radius 1 is 0.560 bits per heavy atom. The van der Waals surface area contributed by atoms with Crippen LogP contribution in [0.25, 0.3) is 0 Å². The second-order valence-electron chi connectivity index (χ2n) is 4.57. The monoisotopic (exact) mass is 464 g/mol. The summed E-state index contributed by atoms with van der Waals surface area (Å²) in [6.07, 6.45) is -14.5. The molecule has 0 fully saturated rings. The van der Waals surface area contributed by atoms with Crippen molar-refractivity contribution in [2.24, 2.45) is 5.92 Å². The zero-order valence-electron chi connectivity index (χ0n) is 10.9. The first-order valence-corrected chi connectivity index (χ1v) is 9.78. The van der Waals surface area contributed by atoms with Gasteiger partial charge in [-0.1, -0.05) is 0 Å². The standard InChI is InChI=1S/C8H4Cl2F14Si/c9-25(10)1-2(3(11,12)5(15,16)7(19,20)21)4(13,14)6(17,18)8(22,23)24/h2,25H,1H2. The normalized spacial score (nSPS) is 16.1. The lowest BCUT2D eigenvalue weighted by atomic mass is 9.87. The first-order chi connectivity index (χ1) is 10.5. The number of alkyl halides is 14. The maximum absolute atomic E-state index is 13.4. The molecule has 0 aliphatic heterocycles. The third kappa shape index (κ3) is 4.22. The fourth-order valence-corrected chi connectivity index (χ4v) is 3.53. The van der Waals surface area contributed by atoms with Gasteiger partial charge in [-0.2, -0.15) is 83.6 Å². The molecule has 0 radical (unpaired) electrons. The molecule has 152 valence electrons. The largest absolute Gasteiger partial charge is 0.459 e. The molecule has 0 aromatic heterocycles. The second kappa shape index (κ2) is 6.76. The molecule has 0 aliphatic rings. The van der Waals surface area contributed by atoms with Gasteiger partial charge in [0.05, 0.1) is 5.92 Å². The smallest absolute Gasteiger partial charge is 0.199 e. The summed E-state index contributed by atoms with van der Waals surface area (Å²) in [6.45, 7) is 0. The van der Waals surface area contributed by atoms with Crippen molar-refractivity contribution < 1.29 is 61.5 Å². The van der Waals surface area contributed by atoms with E-state index in [9.17, 15) is 61.5 Å². The van der Waals surface area contributed by atoms with E-state index in [2.05, 4.69) is 0 Å². The van der Waals surface area contributed by atoms with Crippen molar-refractivity contribution in [3.05, 3.63) is 0 Å². The van der Waals surface area contributed by atoms with Crippen LogP contribution in [-0.4, -0.2) is 43.5 Å². The van der Waals surface area contributed by atoms with E-state index in [-0.39, 0.29) is 0 Å². The van der Waals surface area contributed by atoms with Crippen LogP contribution in [-0.2, 0) is 0 Å². The Labute approximate surface area is 140 Å². The molecule has 0 unspecified atom stereocenters. The summed E-state index contributed by atoms with van der Waals surface area (Å²) in [7, 11) is -4.10. The van der Waals surface area contributed by atoms with Crippen molar-refractivity contribution in [3.8, 4) is 0 Å². The Balaban J connectivity index is 6.47. The van der Waals surface area contributed by atoms with Crippen molar-refractivity contribution in [3.63, 3.8) is 0 Å². The lowest BCUT2D eigenvalue weighted by Crippen LogP contribution is -2.65. The third-order valence-electron chi connectivity index (χ3n) is 2.84. The Morgan fingerprint density at radius 2 is 0.800 bits per heavy atom. The summed E-state index contributed by atoms with van der Waals surface area (Å²) >= 11 is 9.60. The molecular formula is C8H4Cl2F14Si. The van der Waals surface area contributed by atoms with Crippen LogP contribution in [0.3, 0.4) is 0 Å². The molecule has 0 spiro atoms. The van der Waals surface area contributed by atoms with Crippen LogP contribution >= 0.6 is 22.2 Å². The van der Waals surface area contributed by atoms with Crippen molar-refractivity contribution >= 4 is 29.6 Å². The molecular weight excluding hydrogens is 461 g/mol. The van der Waals surface area contributed by atoms with Crippen molar-refractivity contribution in [2.75, 3.05) is 0 Å². The van der Waals surface area contributed by atoms with Gasteiger partial charge in [0, 0.05) is 0 Å². The van der Waals surface area contributed by atoms with Crippen molar-refractivity contribution in [2.45, 2.75) is 42.1 Å². The first kappa shape index (κ1) is 24.8. The average molecular weight is 465 g/mol. The predicted molar refractivity (Wildman–Crippen MR) is 59.0 cm³/mol. The highest BCUT2D eigenvalue weighted by atomic mass is 35.7. The predicted octanol–water partition coefficient (Wildman–Crippen LogP) is 5.97. The van der Waals surface area contributed by atoms with Crippen molar-refractivity contribution in [1.82, 2.24) is 0 Å². The maximum atomic E-state index is 13.4. The molecule has 17 heteroatoms. The highest BCUT2D eigenvalue weighted by molar-refractivity contribution is 7.33. The van der Waals surface area contributed by atoms with Crippen LogP contribution in [0.15, 0.2) is 0 Å². The van der Waals surface area contributed by atoms with Gasteiger partial charge in [-0.3, -0.25) is 0 Å². The van der Waals surface area contributed by atoms with Gasteiger partial charge in [0.2, 0.25) is 7.42 Å². The molecule has 0 aliphatic carbocycles. The van der Waals surface area contributed by atoms with E-state index in [4.69, 9.17) is 22.2 Å². The first-order valence-electron chi connectivity index (χ1n) is 5.48. The minimum Gasteiger partial charge on any atom is -0.199 e. The molecule has 0 aromatic carbocycles. The summed E-state index contributed by atoms with van der Waals surface area (Å²) in [5.74, 6) is -34.1. The lowest BCUT2D eigenvalue weighted by molar-refractivity contribution is -0.410. The Kier molecular flexibility index (Phi) is 6.71. The highest BCUT2D eigenvalue weighted by Gasteiger charge is 2.84. The molecule has 0 saturated carbocycles. The Hall–Kier alpha value is -0.183. The number of halogens is 16. The van der Waals surface area contributed by atoms with E-state index < -0.39 is 55.4 Å². The van der Waals surface area contributed by atoms with Crippen LogP contribution in [0.2, 0.25) is 6.04 Å². The third-order valence-corrected chi connectivity index (χ3v) is 4.74. The van der Waals surface area contributed by atoms with Crippen LogP contribution in [0.1, 0.15) is 0 Å². The van der Waals surface area contributed by atoms with Crippen LogP contribution in [0.4, 0.5) is 61.5 Å². The van der Waals surface area contributed by atoms with E-state index in [1.807, 2.05) is 0 Å². The molecule has 0 heterocycles. The maximum Gasteiger partial charge on any atom is 0.459 e. The summed E-state index contributed by atoms with van der Waals surface area (Å²) in [5, 5.41) is 0. The summed E-state index contributed by atoms with van der Waals surface area (Å²) in [4.78, 5) is 0. The number of hydrogen-bond donors (Lipinski definition) is 0. The van der Waals surface area contributed by atoms with Gasteiger partial charge in [0.15, 0.2) is 0 Å². The van der Waals surface area contributed by atoms with Gasteiger partial charge >= 0.3 is 36.0 Å². The van der Waals surface area contributed by atoms with Crippen LogP contribution < -0.4 is 0 Å². The summed E-state index contributed by atoms with van der Waals surface area (Å²) < 4.78 is 177. The quantitative estimate of drug-likeness (QED) is 0.258. The SMILES string of the molecule is FC(F)(F)C(F)(F)C(F)(F)C(C[SiH](Cl)Cl)C(F)(F)C(F)(F)C(F)(F)F. The number of hydrogen-bond acceptors (Lipinski definition) is 0. The number of rotatable bonds is 6. The summed E-state index contributed by atoms with van der Waals surface area (Å²) in [6, 6.07) is -2.50. The molecule has 0 amide bonds. The molecule has 0 bridgehead atoms. The molecule has 0 rings (SSSR count). The minimum atomic E-state index is -7.37. The Bertz CT molecular complexity index is 428. The van der Waals surface area contributed by atoms with Crippen molar-refractivity contribution in [1.29, 1.82) is 0 Å². The van der Waals surface area contributed by atoms with E-state index in [1.165, 1.54) is 0 Å². The van der Waals surface area contributed by atoms with Gasteiger partial charge < -0.3 is 0 Å². The van der Waals surface area contributed by atoms with E-state index in [0.29, 0.717) is 0 Å². The molecule has 0 atom stereocenters. The second-order valence-corrected chi connectivity index (χ2v) is 9.65. The molecule has 25 heavy (non-hydrogen) atoms. The summed E-state index contributed by atoms with van der Waals surface area (Å²) in [5.41, 5.74) is 0.